The van der Waals surface area contributed by atoms with E-state index in [0.717, 1.165) is 6.42 Å². The van der Waals surface area contributed by atoms with E-state index in [2.05, 4.69) is 6.92 Å². The van der Waals surface area contributed by atoms with Crippen molar-refractivity contribution in [2.24, 2.45) is 0 Å². The van der Waals surface area contributed by atoms with Gasteiger partial charge in [-0.15, -0.1) is 0 Å². The molecule has 0 aliphatic rings. The Labute approximate surface area is 64.5 Å². The minimum absolute atomic E-state index is 0. The first kappa shape index (κ1) is 11.4. The molecule has 2 heteroatoms. The Hall–Kier alpha value is 0.596. The van der Waals surface area contributed by atoms with Gasteiger partial charge in [0.2, 0.25) is 0 Å². The number of aliphatic hydroxyl groups excluding tert-OH is 1. The van der Waals surface area contributed by atoms with Crippen molar-refractivity contribution >= 4 is 19.8 Å². The number of rotatable bonds is 4. The van der Waals surface area contributed by atoms with Crippen LogP contribution in [0.25, 0.3) is 0 Å². The van der Waals surface area contributed by atoms with Gasteiger partial charge in [-0.2, -0.15) is 0 Å². The summed E-state index contributed by atoms with van der Waals surface area (Å²) in [6.45, 7) is 2.53. The summed E-state index contributed by atoms with van der Waals surface area (Å²) < 4.78 is 0. The Balaban J connectivity index is 0. The van der Waals surface area contributed by atoms with Gasteiger partial charge in [0.05, 0.1) is 0 Å². The van der Waals surface area contributed by atoms with Crippen molar-refractivity contribution < 1.29 is 5.11 Å². The first-order chi connectivity index (χ1) is 3.41. The van der Waals surface area contributed by atoms with E-state index in [-0.39, 0.29) is 19.8 Å². The third-order valence-corrected chi connectivity index (χ3v) is 1.01. The zero-order valence-corrected chi connectivity index (χ0v) is 4.98. The van der Waals surface area contributed by atoms with Gasteiger partial charge in [0.15, 0.2) is 0 Å². The third-order valence-electron chi connectivity index (χ3n) is 1.01. The predicted octanol–water partition coefficient (Wildman–Crippen LogP) is 0.375. The fraction of sp³-hybridized carbons (Fsp3) is 1.00. The molecular weight excluding hydrogens is 158 g/mol. The summed E-state index contributed by atoms with van der Waals surface area (Å²) in [6.07, 6.45) is 4.68. The Kier molecular flexibility index (Phi) is 15.0. The summed E-state index contributed by atoms with van der Waals surface area (Å²) in [5, 5.41) is 8.29. The molecule has 0 radical (unpaired) electrons. The molecule has 0 spiro atoms. The zero-order valence-electron chi connectivity index (χ0n) is 4.98. The first-order valence-corrected chi connectivity index (χ1v) is 3.02. The van der Waals surface area contributed by atoms with E-state index in [1.807, 2.05) is 0 Å². The van der Waals surface area contributed by atoms with Crippen LogP contribution >= 0.6 is 0 Å². The van der Waals surface area contributed by atoms with Crippen LogP contribution in [-0.2, 0) is 0 Å². The van der Waals surface area contributed by atoms with Crippen molar-refractivity contribution in [3.8, 4) is 0 Å². The molecule has 0 aromatic heterocycles. The fourth-order valence-corrected chi connectivity index (χ4v) is 0.539. The van der Waals surface area contributed by atoms with Crippen LogP contribution in [0.15, 0.2) is 0 Å². The molecule has 0 unspecified atom stereocenters. The molecule has 0 aromatic rings. The van der Waals surface area contributed by atoms with Gasteiger partial charge < -0.3 is 5.11 Å². The summed E-state index contributed by atoms with van der Waals surface area (Å²) >= 11 is 0. The molecule has 0 fully saturated rings. The van der Waals surface area contributed by atoms with Crippen LogP contribution in [0, 0.1) is 0 Å². The molecule has 1 N–H and O–H groups in total. The maximum atomic E-state index is 8.29. The Morgan fingerprint density at radius 1 is 1.12 bits per heavy atom. The first-order valence-electron chi connectivity index (χ1n) is 3.02. The number of unbranched alkanes of at least 4 members (excludes halogenated alkanes) is 3. The van der Waals surface area contributed by atoms with E-state index in [4.69, 9.17) is 5.11 Å². The predicted molar refractivity (Wildman–Crippen MR) is 41.2 cm³/mol. The van der Waals surface area contributed by atoms with Crippen LogP contribution in [-0.4, -0.2) is 31.5 Å². The molecule has 0 saturated heterocycles. The molecule has 0 rings (SSSR count). The molecule has 50 valence electrons. The summed E-state index contributed by atoms with van der Waals surface area (Å²) in [6, 6.07) is 0. The van der Waals surface area contributed by atoms with Crippen molar-refractivity contribution in [2.75, 3.05) is 6.61 Å². The van der Waals surface area contributed by atoms with E-state index < -0.39 is 0 Å². The van der Waals surface area contributed by atoms with Gasteiger partial charge in [-0.1, -0.05) is 26.2 Å². The van der Waals surface area contributed by atoms with Gasteiger partial charge in [-0.25, -0.2) is 0 Å². The van der Waals surface area contributed by atoms with Crippen molar-refractivity contribution in [3.63, 3.8) is 0 Å². The minimum atomic E-state index is 0. The van der Waals surface area contributed by atoms with Gasteiger partial charge in [-0.3, -0.25) is 0 Å². The van der Waals surface area contributed by atoms with Gasteiger partial charge in [-0.05, 0) is 6.42 Å². The maximum absolute atomic E-state index is 8.29. The van der Waals surface area contributed by atoms with Crippen molar-refractivity contribution in [1.82, 2.24) is 0 Å². The van der Waals surface area contributed by atoms with E-state index in [1.165, 1.54) is 19.3 Å². The summed E-state index contributed by atoms with van der Waals surface area (Å²) in [5.74, 6) is 0. The molecule has 8 heavy (non-hydrogen) atoms. The Morgan fingerprint density at radius 3 is 2.12 bits per heavy atom. The second-order valence-corrected chi connectivity index (χ2v) is 1.78. The molecule has 0 bridgehead atoms. The average molecular weight is 175 g/mol. The quantitative estimate of drug-likeness (QED) is 0.483. The van der Waals surface area contributed by atoms with Crippen molar-refractivity contribution in [2.45, 2.75) is 32.6 Å². The molecule has 0 aromatic carbocycles. The molecule has 0 saturated carbocycles. The molecule has 0 heterocycles. The van der Waals surface area contributed by atoms with Crippen LogP contribution in [0.1, 0.15) is 32.6 Å². The molecular formula is C6H17GaO. The normalized spacial score (nSPS) is 8.25. The van der Waals surface area contributed by atoms with Crippen LogP contribution in [0.5, 0.6) is 0 Å². The second-order valence-electron chi connectivity index (χ2n) is 1.78. The van der Waals surface area contributed by atoms with Gasteiger partial charge in [0.25, 0.3) is 0 Å². The summed E-state index contributed by atoms with van der Waals surface area (Å²) in [4.78, 5) is 0. The molecule has 0 aliphatic carbocycles. The van der Waals surface area contributed by atoms with Crippen LogP contribution in [0.2, 0.25) is 0 Å². The Morgan fingerprint density at radius 2 is 1.75 bits per heavy atom. The van der Waals surface area contributed by atoms with Gasteiger partial charge in [0.1, 0.15) is 0 Å². The SMILES string of the molecule is CCCCCCO.[GaH3]. The molecule has 1 nitrogen and oxygen atoms in total. The fourth-order valence-electron chi connectivity index (χ4n) is 0.539. The zero-order chi connectivity index (χ0) is 5.54. The van der Waals surface area contributed by atoms with Crippen LogP contribution in [0.4, 0.5) is 0 Å². The van der Waals surface area contributed by atoms with Gasteiger partial charge >= 0.3 is 19.8 Å². The standard InChI is InChI=1S/C6H14O.Ga.3H/c1-2-3-4-5-6-7;;;;/h7H,2-6H2,1H3;;;;. The van der Waals surface area contributed by atoms with E-state index in [0.29, 0.717) is 6.61 Å². The van der Waals surface area contributed by atoms with Crippen LogP contribution < -0.4 is 0 Å². The topological polar surface area (TPSA) is 20.2 Å². The summed E-state index contributed by atoms with van der Waals surface area (Å²) in [5.41, 5.74) is 0. The Bertz CT molecular complexity index is 27.7. The van der Waals surface area contributed by atoms with E-state index in [9.17, 15) is 0 Å². The third kappa shape index (κ3) is 9.78. The monoisotopic (exact) mass is 174 g/mol. The van der Waals surface area contributed by atoms with Crippen molar-refractivity contribution in [1.29, 1.82) is 0 Å². The van der Waals surface area contributed by atoms with E-state index in [1.54, 1.807) is 0 Å². The average Bonchev–Trinajstić information content (AvgIpc) is 1.69. The van der Waals surface area contributed by atoms with Crippen LogP contribution in [0.3, 0.4) is 0 Å². The molecule has 0 atom stereocenters. The number of aliphatic hydroxyl groups is 1. The molecule has 0 amide bonds. The van der Waals surface area contributed by atoms with Crippen molar-refractivity contribution in [3.05, 3.63) is 0 Å². The number of hydrogen-bond donors (Lipinski definition) is 1. The number of hydrogen-bond acceptors (Lipinski definition) is 1. The summed E-state index contributed by atoms with van der Waals surface area (Å²) in [7, 11) is 0. The van der Waals surface area contributed by atoms with Gasteiger partial charge in [0, 0.05) is 6.61 Å². The second kappa shape index (κ2) is 10.6. The molecule has 0 aliphatic heterocycles. The van der Waals surface area contributed by atoms with E-state index >= 15 is 0 Å².